The van der Waals surface area contributed by atoms with Crippen molar-refractivity contribution in [2.45, 2.75) is 32.7 Å². The fraction of sp³-hybridized carbons (Fsp3) is 0.389. The molecule has 0 aliphatic carbocycles. The van der Waals surface area contributed by atoms with Crippen LogP contribution in [0.15, 0.2) is 36.5 Å². The summed E-state index contributed by atoms with van der Waals surface area (Å²) in [4.78, 5) is 23.4. The summed E-state index contributed by atoms with van der Waals surface area (Å²) in [6.07, 6.45) is 3.80. The lowest BCUT2D eigenvalue weighted by Gasteiger charge is -2.33. The maximum Gasteiger partial charge on any atom is 0.253 e. The highest BCUT2D eigenvalue weighted by molar-refractivity contribution is 5.94. The van der Waals surface area contributed by atoms with Gasteiger partial charge in [0, 0.05) is 30.9 Å². The Bertz CT molecular complexity index is 687. The van der Waals surface area contributed by atoms with Gasteiger partial charge in [0.2, 0.25) is 0 Å². The lowest BCUT2D eigenvalue weighted by molar-refractivity contribution is 0.0714. The molecule has 1 aromatic carbocycles. The van der Waals surface area contributed by atoms with Gasteiger partial charge in [-0.05, 0) is 38.8 Å². The van der Waals surface area contributed by atoms with Crippen molar-refractivity contribution < 1.29 is 4.79 Å². The first-order valence-corrected chi connectivity index (χ1v) is 8.04. The first-order chi connectivity index (χ1) is 11.1. The molecule has 1 N–H and O–H groups in total. The van der Waals surface area contributed by atoms with Crippen LogP contribution in [-0.2, 0) is 0 Å². The molecule has 1 atom stereocenters. The smallest absolute Gasteiger partial charge is 0.253 e. The molecule has 5 nitrogen and oxygen atoms in total. The van der Waals surface area contributed by atoms with E-state index < -0.39 is 0 Å². The number of anilines is 1. The zero-order valence-electron chi connectivity index (χ0n) is 13.6. The number of benzene rings is 1. The summed E-state index contributed by atoms with van der Waals surface area (Å²) in [5.41, 5.74) is 2.54. The van der Waals surface area contributed by atoms with E-state index in [0.717, 1.165) is 42.2 Å². The molecule has 0 bridgehead atoms. The molecular weight excluding hydrogens is 288 g/mol. The van der Waals surface area contributed by atoms with E-state index in [9.17, 15) is 4.79 Å². The second kappa shape index (κ2) is 6.77. The van der Waals surface area contributed by atoms with Gasteiger partial charge in [-0.15, -0.1) is 0 Å². The van der Waals surface area contributed by atoms with E-state index in [1.807, 2.05) is 49.1 Å². The maximum atomic E-state index is 12.6. The minimum atomic E-state index is 0.101. The van der Waals surface area contributed by atoms with Crippen LogP contribution in [0.25, 0.3) is 0 Å². The zero-order valence-corrected chi connectivity index (χ0v) is 13.6. The van der Waals surface area contributed by atoms with E-state index in [2.05, 4.69) is 15.3 Å². The summed E-state index contributed by atoms with van der Waals surface area (Å²) in [6.45, 7) is 5.39. The van der Waals surface area contributed by atoms with Crippen molar-refractivity contribution in [2.75, 3.05) is 18.4 Å². The number of rotatable bonds is 3. The van der Waals surface area contributed by atoms with Gasteiger partial charge in [-0.2, -0.15) is 0 Å². The van der Waals surface area contributed by atoms with Gasteiger partial charge in [0.15, 0.2) is 0 Å². The average Bonchev–Trinajstić information content (AvgIpc) is 2.58. The van der Waals surface area contributed by atoms with Crippen molar-refractivity contribution in [2.24, 2.45) is 0 Å². The summed E-state index contributed by atoms with van der Waals surface area (Å²) in [5, 5.41) is 3.46. The monoisotopic (exact) mass is 310 g/mol. The highest BCUT2D eigenvalue weighted by atomic mass is 16.2. The quantitative estimate of drug-likeness (QED) is 0.947. The third-order valence-electron chi connectivity index (χ3n) is 4.15. The summed E-state index contributed by atoms with van der Waals surface area (Å²) in [5.74, 6) is 0.924. The first kappa shape index (κ1) is 15.5. The van der Waals surface area contributed by atoms with Crippen molar-refractivity contribution in [3.8, 4) is 0 Å². The molecule has 5 heteroatoms. The van der Waals surface area contributed by atoms with Crippen LogP contribution in [0, 0.1) is 13.8 Å². The van der Waals surface area contributed by atoms with E-state index in [1.165, 1.54) is 0 Å². The molecule has 0 unspecified atom stereocenters. The van der Waals surface area contributed by atoms with E-state index in [-0.39, 0.29) is 11.9 Å². The standard InChI is InChI=1S/C18H22N4O/c1-13-11-19-14(2)17(20-13)21-16-9-6-10-22(12-16)18(23)15-7-4-3-5-8-15/h3-5,7-8,11,16H,6,9-10,12H2,1-2H3,(H,20,21)/t16-/m1/s1. The van der Waals surface area contributed by atoms with Gasteiger partial charge in [-0.25, -0.2) is 4.98 Å². The predicted molar refractivity (Wildman–Crippen MR) is 90.5 cm³/mol. The lowest BCUT2D eigenvalue weighted by atomic mass is 10.0. The number of aromatic nitrogens is 2. The number of hydrogen-bond acceptors (Lipinski definition) is 4. The summed E-state index contributed by atoms with van der Waals surface area (Å²) >= 11 is 0. The molecule has 1 saturated heterocycles. The molecule has 2 aromatic rings. The molecule has 1 fully saturated rings. The highest BCUT2D eigenvalue weighted by Gasteiger charge is 2.25. The van der Waals surface area contributed by atoms with Crippen molar-refractivity contribution >= 4 is 11.7 Å². The molecule has 1 aliphatic heterocycles. The Hall–Kier alpha value is -2.43. The topological polar surface area (TPSA) is 58.1 Å². The van der Waals surface area contributed by atoms with Crippen LogP contribution in [0.5, 0.6) is 0 Å². The van der Waals surface area contributed by atoms with Crippen molar-refractivity contribution in [3.05, 3.63) is 53.5 Å². The minimum Gasteiger partial charge on any atom is -0.364 e. The van der Waals surface area contributed by atoms with E-state index in [1.54, 1.807) is 6.20 Å². The fourth-order valence-electron chi connectivity index (χ4n) is 2.91. The Kier molecular flexibility index (Phi) is 4.55. The molecule has 0 saturated carbocycles. The van der Waals surface area contributed by atoms with Crippen LogP contribution in [0.1, 0.15) is 34.6 Å². The first-order valence-electron chi connectivity index (χ1n) is 8.04. The van der Waals surface area contributed by atoms with Crippen LogP contribution in [-0.4, -0.2) is 39.9 Å². The van der Waals surface area contributed by atoms with E-state index in [0.29, 0.717) is 6.54 Å². The predicted octanol–water partition coefficient (Wildman–Crippen LogP) is 2.81. The number of nitrogens with zero attached hydrogens (tertiary/aromatic N) is 3. The maximum absolute atomic E-state index is 12.6. The molecule has 23 heavy (non-hydrogen) atoms. The van der Waals surface area contributed by atoms with Gasteiger partial charge in [-0.1, -0.05) is 18.2 Å². The van der Waals surface area contributed by atoms with Crippen molar-refractivity contribution in [1.29, 1.82) is 0 Å². The van der Waals surface area contributed by atoms with Crippen LogP contribution >= 0.6 is 0 Å². The summed E-state index contributed by atoms with van der Waals surface area (Å²) in [6, 6.07) is 9.69. The number of carbonyl (C=O) groups is 1. The number of likely N-dealkylation sites (tertiary alicyclic amines) is 1. The van der Waals surface area contributed by atoms with Gasteiger partial charge in [0.1, 0.15) is 5.82 Å². The SMILES string of the molecule is Cc1cnc(C)c(N[C@@H]2CCCN(C(=O)c3ccccc3)C2)n1. The molecule has 1 aliphatic rings. The molecular formula is C18H22N4O. The van der Waals surface area contributed by atoms with Crippen LogP contribution in [0.2, 0.25) is 0 Å². The number of piperidine rings is 1. The molecule has 120 valence electrons. The Morgan fingerprint density at radius 3 is 2.83 bits per heavy atom. The largest absolute Gasteiger partial charge is 0.364 e. The fourth-order valence-corrected chi connectivity index (χ4v) is 2.91. The molecule has 1 aromatic heterocycles. The van der Waals surface area contributed by atoms with E-state index >= 15 is 0 Å². The van der Waals surface area contributed by atoms with Crippen LogP contribution in [0.3, 0.4) is 0 Å². The highest BCUT2D eigenvalue weighted by Crippen LogP contribution is 2.18. The molecule has 3 rings (SSSR count). The Morgan fingerprint density at radius 1 is 1.26 bits per heavy atom. The second-order valence-corrected chi connectivity index (χ2v) is 6.05. The van der Waals surface area contributed by atoms with Gasteiger partial charge in [0.05, 0.1) is 11.4 Å². The molecule has 0 spiro atoms. The van der Waals surface area contributed by atoms with E-state index in [4.69, 9.17) is 0 Å². The van der Waals surface area contributed by atoms with Gasteiger partial charge in [0.25, 0.3) is 5.91 Å². The van der Waals surface area contributed by atoms with Crippen LogP contribution < -0.4 is 5.32 Å². The Labute approximate surface area is 136 Å². The summed E-state index contributed by atoms with van der Waals surface area (Å²) in [7, 11) is 0. The number of carbonyl (C=O) groups excluding carboxylic acids is 1. The summed E-state index contributed by atoms with van der Waals surface area (Å²) < 4.78 is 0. The normalized spacial score (nSPS) is 17.8. The molecule has 1 amide bonds. The minimum absolute atomic E-state index is 0.101. The van der Waals surface area contributed by atoms with Gasteiger partial charge >= 0.3 is 0 Å². The third-order valence-corrected chi connectivity index (χ3v) is 4.15. The number of hydrogen-bond donors (Lipinski definition) is 1. The third kappa shape index (κ3) is 3.67. The molecule has 2 heterocycles. The van der Waals surface area contributed by atoms with Crippen LogP contribution in [0.4, 0.5) is 5.82 Å². The number of amides is 1. The number of aryl methyl sites for hydroxylation is 2. The van der Waals surface area contributed by atoms with Crippen molar-refractivity contribution in [3.63, 3.8) is 0 Å². The second-order valence-electron chi connectivity index (χ2n) is 6.05. The Morgan fingerprint density at radius 2 is 2.04 bits per heavy atom. The number of nitrogens with one attached hydrogen (secondary N) is 1. The Balaban J connectivity index is 1.69. The van der Waals surface area contributed by atoms with Gasteiger partial charge < -0.3 is 10.2 Å². The van der Waals surface area contributed by atoms with Crippen molar-refractivity contribution in [1.82, 2.24) is 14.9 Å². The average molecular weight is 310 g/mol. The molecule has 0 radical (unpaired) electrons. The lowest BCUT2D eigenvalue weighted by Crippen LogP contribution is -2.45. The van der Waals surface area contributed by atoms with Gasteiger partial charge in [-0.3, -0.25) is 9.78 Å². The zero-order chi connectivity index (χ0) is 16.2.